The number of ether oxygens (including phenoxy) is 2. The van der Waals surface area contributed by atoms with E-state index in [4.69, 9.17) is 32.4 Å². The van der Waals surface area contributed by atoms with E-state index in [1.54, 1.807) is 18.2 Å². The predicted molar refractivity (Wildman–Crippen MR) is 66.6 cm³/mol. The van der Waals surface area contributed by atoms with Gasteiger partial charge in [-0.3, -0.25) is 0 Å². The normalized spacial score (nSPS) is 10.2. The molecule has 0 aliphatic carbocycles. The first kappa shape index (κ1) is 12.8. The number of rotatable bonds is 3. The van der Waals surface area contributed by atoms with Crippen LogP contribution in [0.4, 0.5) is 0 Å². The van der Waals surface area contributed by atoms with Crippen molar-refractivity contribution in [1.29, 1.82) is 0 Å². The molecule has 0 bridgehead atoms. The van der Waals surface area contributed by atoms with Gasteiger partial charge in [-0.05, 0) is 18.2 Å². The van der Waals surface area contributed by atoms with E-state index in [1.807, 2.05) is 0 Å². The van der Waals surface area contributed by atoms with Crippen LogP contribution in [-0.2, 0) is 4.74 Å². The van der Waals surface area contributed by atoms with Gasteiger partial charge in [-0.2, -0.15) is 0 Å². The van der Waals surface area contributed by atoms with Gasteiger partial charge in [0, 0.05) is 12.1 Å². The second kappa shape index (κ2) is 5.33. The smallest absolute Gasteiger partial charge is 0.374 e. The van der Waals surface area contributed by atoms with Crippen LogP contribution in [0.5, 0.6) is 11.7 Å². The van der Waals surface area contributed by atoms with Crippen LogP contribution in [0.2, 0.25) is 10.0 Å². The van der Waals surface area contributed by atoms with E-state index in [9.17, 15) is 4.79 Å². The summed E-state index contributed by atoms with van der Waals surface area (Å²) in [5.41, 5.74) is 0. The Bertz CT molecular complexity index is 577. The average molecular weight is 287 g/mol. The van der Waals surface area contributed by atoms with Gasteiger partial charge < -0.3 is 13.9 Å². The lowest BCUT2D eigenvalue weighted by molar-refractivity contribution is 0.0560. The number of benzene rings is 1. The molecule has 4 nitrogen and oxygen atoms in total. The Morgan fingerprint density at radius 1 is 1.17 bits per heavy atom. The van der Waals surface area contributed by atoms with Crippen molar-refractivity contribution in [3.63, 3.8) is 0 Å². The van der Waals surface area contributed by atoms with Crippen molar-refractivity contribution < 1.29 is 18.7 Å². The van der Waals surface area contributed by atoms with Crippen LogP contribution in [0, 0.1) is 0 Å². The lowest BCUT2D eigenvalue weighted by Crippen LogP contribution is -1.98. The van der Waals surface area contributed by atoms with E-state index >= 15 is 0 Å². The van der Waals surface area contributed by atoms with Crippen LogP contribution in [0.3, 0.4) is 0 Å². The molecule has 94 valence electrons. The molecule has 0 saturated carbocycles. The Morgan fingerprint density at radius 3 is 2.61 bits per heavy atom. The average Bonchev–Trinajstić information content (AvgIpc) is 2.81. The SMILES string of the molecule is COC(=O)c1ccc(Oc2ccc(Cl)c(Cl)c2)o1. The van der Waals surface area contributed by atoms with Gasteiger partial charge in [0.2, 0.25) is 5.76 Å². The summed E-state index contributed by atoms with van der Waals surface area (Å²) in [6.07, 6.45) is 0. The Kier molecular flexibility index (Phi) is 3.79. The highest BCUT2D eigenvalue weighted by molar-refractivity contribution is 6.42. The summed E-state index contributed by atoms with van der Waals surface area (Å²) in [4.78, 5) is 11.2. The summed E-state index contributed by atoms with van der Waals surface area (Å²) < 4.78 is 15.0. The number of esters is 1. The second-order valence-electron chi connectivity index (χ2n) is 3.29. The Balaban J connectivity index is 2.16. The van der Waals surface area contributed by atoms with Gasteiger partial charge in [0.1, 0.15) is 5.75 Å². The van der Waals surface area contributed by atoms with Crippen molar-refractivity contribution in [1.82, 2.24) is 0 Å². The molecule has 1 heterocycles. The molecule has 2 aromatic rings. The number of carbonyl (C=O) groups is 1. The molecule has 0 aliphatic heterocycles. The van der Waals surface area contributed by atoms with Gasteiger partial charge >= 0.3 is 5.97 Å². The first-order valence-corrected chi connectivity index (χ1v) is 5.67. The Morgan fingerprint density at radius 2 is 1.94 bits per heavy atom. The molecule has 0 unspecified atom stereocenters. The molecular formula is C12H8Cl2O4. The van der Waals surface area contributed by atoms with Gasteiger partial charge in [0.15, 0.2) is 0 Å². The zero-order valence-corrected chi connectivity index (χ0v) is 10.8. The Hall–Kier alpha value is -1.65. The zero-order chi connectivity index (χ0) is 13.1. The van der Waals surface area contributed by atoms with E-state index in [0.29, 0.717) is 15.8 Å². The molecule has 1 aromatic carbocycles. The molecule has 0 aliphatic rings. The molecule has 18 heavy (non-hydrogen) atoms. The monoisotopic (exact) mass is 286 g/mol. The molecule has 0 fully saturated rings. The third-order valence-electron chi connectivity index (χ3n) is 2.08. The third kappa shape index (κ3) is 2.78. The lowest BCUT2D eigenvalue weighted by atomic mass is 10.3. The van der Waals surface area contributed by atoms with Crippen LogP contribution in [0.25, 0.3) is 0 Å². The van der Waals surface area contributed by atoms with Gasteiger partial charge in [0.05, 0.1) is 17.2 Å². The van der Waals surface area contributed by atoms with Crippen LogP contribution < -0.4 is 4.74 Å². The maximum atomic E-state index is 11.2. The molecule has 0 radical (unpaired) electrons. The molecular weight excluding hydrogens is 279 g/mol. The minimum atomic E-state index is -0.570. The summed E-state index contributed by atoms with van der Waals surface area (Å²) in [5, 5.41) is 0.799. The standard InChI is InChI=1S/C12H8Cl2O4/c1-16-12(15)10-4-5-11(18-10)17-7-2-3-8(13)9(14)6-7/h2-6H,1H3. The molecule has 6 heteroatoms. The van der Waals surface area contributed by atoms with Crippen molar-refractivity contribution in [3.05, 3.63) is 46.1 Å². The molecule has 0 N–H and O–H groups in total. The summed E-state index contributed by atoms with van der Waals surface area (Å²) in [7, 11) is 1.27. The highest BCUT2D eigenvalue weighted by Crippen LogP contribution is 2.30. The molecule has 0 amide bonds. The summed E-state index contributed by atoms with van der Waals surface area (Å²) >= 11 is 11.6. The summed E-state index contributed by atoms with van der Waals surface area (Å²) in [6.45, 7) is 0. The van der Waals surface area contributed by atoms with E-state index in [0.717, 1.165) is 0 Å². The fourth-order valence-corrected chi connectivity index (χ4v) is 1.53. The van der Waals surface area contributed by atoms with Crippen molar-refractivity contribution in [3.8, 4) is 11.7 Å². The molecule has 0 saturated heterocycles. The minimum Gasteiger partial charge on any atom is -0.463 e. The van der Waals surface area contributed by atoms with Gasteiger partial charge in [0.25, 0.3) is 5.95 Å². The lowest BCUT2D eigenvalue weighted by Gasteiger charge is -2.03. The topological polar surface area (TPSA) is 48.7 Å². The quantitative estimate of drug-likeness (QED) is 0.795. The van der Waals surface area contributed by atoms with E-state index in [2.05, 4.69) is 4.74 Å². The number of methoxy groups -OCH3 is 1. The molecule has 0 atom stereocenters. The van der Waals surface area contributed by atoms with Crippen LogP contribution in [-0.4, -0.2) is 13.1 Å². The van der Waals surface area contributed by atoms with Gasteiger partial charge in [-0.1, -0.05) is 23.2 Å². The van der Waals surface area contributed by atoms with Crippen molar-refractivity contribution in [2.45, 2.75) is 0 Å². The number of halogens is 2. The first-order chi connectivity index (χ1) is 8.60. The number of carbonyl (C=O) groups excluding carboxylic acids is 1. The van der Waals surface area contributed by atoms with Crippen molar-refractivity contribution in [2.75, 3.05) is 7.11 Å². The predicted octanol–water partition coefficient (Wildman–Crippen LogP) is 4.17. The van der Waals surface area contributed by atoms with E-state index in [1.165, 1.54) is 19.2 Å². The fraction of sp³-hybridized carbons (Fsp3) is 0.0833. The first-order valence-electron chi connectivity index (χ1n) is 4.91. The largest absolute Gasteiger partial charge is 0.463 e. The zero-order valence-electron chi connectivity index (χ0n) is 9.28. The maximum absolute atomic E-state index is 11.2. The second-order valence-corrected chi connectivity index (χ2v) is 4.10. The Labute approximate surface area is 113 Å². The number of hydrogen-bond donors (Lipinski definition) is 0. The maximum Gasteiger partial charge on any atom is 0.374 e. The number of hydrogen-bond acceptors (Lipinski definition) is 4. The van der Waals surface area contributed by atoms with Crippen molar-refractivity contribution >= 4 is 29.2 Å². The molecule has 0 spiro atoms. The van der Waals surface area contributed by atoms with E-state index < -0.39 is 5.97 Å². The van der Waals surface area contributed by atoms with Crippen LogP contribution in [0.15, 0.2) is 34.7 Å². The van der Waals surface area contributed by atoms with Crippen LogP contribution >= 0.6 is 23.2 Å². The van der Waals surface area contributed by atoms with E-state index in [-0.39, 0.29) is 11.7 Å². The minimum absolute atomic E-state index is 0.0626. The highest BCUT2D eigenvalue weighted by atomic mass is 35.5. The fourth-order valence-electron chi connectivity index (χ4n) is 1.24. The summed E-state index contributed by atoms with van der Waals surface area (Å²) in [5.74, 6) is 0.107. The highest BCUT2D eigenvalue weighted by Gasteiger charge is 2.12. The molecule has 1 aromatic heterocycles. The van der Waals surface area contributed by atoms with Gasteiger partial charge in [-0.25, -0.2) is 4.79 Å². The van der Waals surface area contributed by atoms with Crippen LogP contribution in [0.1, 0.15) is 10.6 Å². The number of furan rings is 1. The van der Waals surface area contributed by atoms with Gasteiger partial charge in [-0.15, -0.1) is 0 Å². The third-order valence-corrected chi connectivity index (χ3v) is 2.82. The molecule has 2 rings (SSSR count). The summed E-state index contributed by atoms with van der Waals surface area (Å²) in [6, 6.07) is 7.75. The van der Waals surface area contributed by atoms with Crippen molar-refractivity contribution in [2.24, 2.45) is 0 Å².